The molecule has 124 valence electrons. The monoisotopic (exact) mass is 300 g/mol. The summed E-state index contributed by atoms with van der Waals surface area (Å²) in [4.78, 5) is 22.5. The smallest absolute Gasteiger partial charge is 0.315 e. The third-order valence-electron chi connectivity index (χ3n) is 4.28. The van der Waals surface area contributed by atoms with Crippen LogP contribution in [0.15, 0.2) is 0 Å². The van der Waals surface area contributed by atoms with E-state index in [2.05, 4.69) is 31.4 Å². The van der Waals surface area contributed by atoms with Gasteiger partial charge in [0, 0.05) is 18.5 Å². The number of hydrogen-bond acceptors (Lipinski definition) is 2. The zero-order chi connectivity index (χ0) is 16.3. The quantitative estimate of drug-likeness (QED) is 0.546. The van der Waals surface area contributed by atoms with Crippen LogP contribution in [-0.2, 0) is 4.79 Å². The summed E-state index contributed by atoms with van der Waals surface area (Å²) in [6, 6.07) is -0.130. The minimum atomic E-state index is -0.747. The van der Waals surface area contributed by atoms with Gasteiger partial charge in [-0.1, -0.05) is 33.6 Å². The Balaban J connectivity index is 4.07. The molecule has 21 heavy (non-hydrogen) atoms. The molecule has 1 unspecified atom stereocenters. The van der Waals surface area contributed by atoms with Crippen LogP contribution in [0, 0.1) is 5.92 Å². The molecule has 0 aliphatic heterocycles. The van der Waals surface area contributed by atoms with E-state index < -0.39 is 5.97 Å². The molecule has 1 atom stereocenters. The molecule has 0 aromatic rings. The fourth-order valence-corrected chi connectivity index (χ4v) is 2.30. The fourth-order valence-electron chi connectivity index (χ4n) is 2.30. The highest BCUT2D eigenvalue weighted by atomic mass is 16.4. The predicted octanol–water partition coefficient (Wildman–Crippen LogP) is 3.54. The molecule has 0 saturated carbocycles. The molecular weight excluding hydrogens is 268 g/mol. The molecule has 5 nitrogen and oxygen atoms in total. The summed E-state index contributed by atoms with van der Waals surface area (Å²) >= 11 is 0. The van der Waals surface area contributed by atoms with E-state index in [1.165, 1.54) is 0 Å². The van der Waals surface area contributed by atoms with Gasteiger partial charge in [0.2, 0.25) is 0 Å². The number of carbonyl (C=O) groups excluding carboxylic acids is 1. The normalized spacial score (nSPS) is 12.8. The van der Waals surface area contributed by atoms with E-state index in [-0.39, 0.29) is 18.0 Å². The molecule has 0 rings (SSSR count). The van der Waals surface area contributed by atoms with E-state index in [1.54, 1.807) is 0 Å². The summed E-state index contributed by atoms with van der Waals surface area (Å²) in [6.45, 7) is 8.86. The first-order valence-electron chi connectivity index (χ1n) is 8.14. The number of nitrogens with one attached hydrogen (secondary N) is 2. The minimum absolute atomic E-state index is 0.130. The third kappa shape index (κ3) is 9.32. The zero-order valence-corrected chi connectivity index (χ0v) is 14.0. The molecular formula is C16H32N2O3. The van der Waals surface area contributed by atoms with Crippen LogP contribution in [0.4, 0.5) is 4.79 Å². The highest BCUT2D eigenvalue weighted by Gasteiger charge is 2.21. The largest absolute Gasteiger partial charge is 0.481 e. The number of carbonyl (C=O) groups is 2. The summed E-state index contributed by atoms with van der Waals surface area (Å²) < 4.78 is 0. The van der Waals surface area contributed by atoms with Gasteiger partial charge in [-0.05, 0) is 38.5 Å². The Morgan fingerprint density at radius 1 is 1.10 bits per heavy atom. The van der Waals surface area contributed by atoms with Gasteiger partial charge in [-0.25, -0.2) is 4.79 Å². The summed E-state index contributed by atoms with van der Waals surface area (Å²) in [5.74, 6) is -0.376. The van der Waals surface area contributed by atoms with Gasteiger partial charge in [0.25, 0.3) is 0 Å². The van der Waals surface area contributed by atoms with Crippen LogP contribution >= 0.6 is 0 Å². The van der Waals surface area contributed by atoms with Crippen LogP contribution in [0.2, 0.25) is 0 Å². The summed E-state index contributed by atoms with van der Waals surface area (Å²) in [5.41, 5.74) is -0.157. The van der Waals surface area contributed by atoms with Crippen LogP contribution < -0.4 is 10.6 Å². The van der Waals surface area contributed by atoms with Gasteiger partial charge < -0.3 is 15.7 Å². The molecule has 0 aromatic heterocycles. The topological polar surface area (TPSA) is 78.4 Å². The number of urea groups is 1. The second kappa shape index (κ2) is 10.5. The van der Waals surface area contributed by atoms with Crippen LogP contribution in [-0.4, -0.2) is 29.2 Å². The molecule has 0 spiro atoms. The van der Waals surface area contributed by atoms with Gasteiger partial charge in [0.15, 0.2) is 0 Å². The van der Waals surface area contributed by atoms with Crippen molar-refractivity contribution in [3.63, 3.8) is 0 Å². The molecule has 0 fully saturated rings. The van der Waals surface area contributed by atoms with Crippen LogP contribution in [0.3, 0.4) is 0 Å². The summed E-state index contributed by atoms with van der Waals surface area (Å²) in [6.07, 6.45) is 5.58. The molecule has 2 amide bonds. The Hall–Kier alpha value is -1.26. The maximum Gasteiger partial charge on any atom is 0.315 e. The zero-order valence-electron chi connectivity index (χ0n) is 14.0. The standard InChI is InChI=1S/C16H32N2O3/c1-5-8-13(9-10-14(19)20)11-12-17-15(21)18-16(4,6-2)7-3/h13H,5-12H2,1-4H3,(H,19,20)(H2,17,18,21). The van der Waals surface area contributed by atoms with Crippen molar-refractivity contribution in [3.8, 4) is 0 Å². The van der Waals surface area contributed by atoms with Gasteiger partial charge in [-0.3, -0.25) is 4.79 Å². The van der Waals surface area contributed by atoms with Crippen molar-refractivity contribution in [1.82, 2.24) is 10.6 Å². The van der Waals surface area contributed by atoms with E-state index >= 15 is 0 Å². The number of carboxylic acid groups (broad SMARTS) is 1. The minimum Gasteiger partial charge on any atom is -0.481 e. The van der Waals surface area contributed by atoms with Gasteiger partial charge in [-0.15, -0.1) is 0 Å². The Labute approximate surface area is 128 Å². The third-order valence-corrected chi connectivity index (χ3v) is 4.28. The lowest BCUT2D eigenvalue weighted by molar-refractivity contribution is -0.137. The van der Waals surface area contributed by atoms with Gasteiger partial charge in [0.1, 0.15) is 0 Å². The molecule has 0 aliphatic carbocycles. The maximum absolute atomic E-state index is 11.9. The van der Waals surface area contributed by atoms with Crippen molar-refractivity contribution >= 4 is 12.0 Å². The average molecular weight is 300 g/mol. The highest BCUT2D eigenvalue weighted by molar-refractivity contribution is 5.74. The molecule has 0 radical (unpaired) electrons. The van der Waals surface area contributed by atoms with Crippen LogP contribution in [0.5, 0.6) is 0 Å². The summed E-state index contributed by atoms with van der Waals surface area (Å²) in [5, 5.41) is 14.6. The van der Waals surface area contributed by atoms with Crippen LogP contribution in [0.25, 0.3) is 0 Å². The number of hydrogen-bond donors (Lipinski definition) is 3. The number of carboxylic acids is 1. The van der Waals surface area contributed by atoms with Crippen molar-refractivity contribution in [2.75, 3.05) is 6.54 Å². The fraction of sp³-hybridized carbons (Fsp3) is 0.875. The van der Waals surface area contributed by atoms with Gasteiger partial charge in [-0.2, -0.15) is 0 Å². The van der Waals surface area contributed by atoms with Crippen molar-refractivity contribution < 1.29 is 14.7 Å². The lowest BCUT2D eigenvalue weighted by Crippen LogP contribution is -2.49. The highest BCUT2D eigenvalue weighted by Crippen LogP contribution is 2.17. The van der Waals surface area contributed by atoms with E-state index in [9.17, 15) is 9.59 Å². The first-order chi connectivity index (χ1) is 9.86. The molecule has 0 saturated heterocycles. The number of rotatable bonds is 11. The van der Waals surface area contributed by atoms with Gasteiger partial charge in [0.05, 0.1) is 0 Å². The van der Waals surface area contributed by atoms with E-state index in [4.69, 9.17) is 5.11 Å². The molecule has 0 aliphatic rings. The Kier molecular flexibility index (Phi) is 9.84. The van der Waals surface area contributed by atoms with E-state index in [1.807, 2.05) is 6.92 Å². The second-order valence-electron chi connectivity index (χ2n) is 6.02. The number of aliphatic carboxylic acids is 1. The van der Waals surface area contributed by atoms with E-state index in [0.29, 0.717) is 18.9 Å². The van der Waals surface area contributed by atoms with Crippen molar-refractivity contribution in [1.29, 1.82) is 0 Å². The lowest BCUT2D eigenvalue weighted by atomic mass is 9.94. The van der Waals surface area contributed by atoms with E-state index in [0.717, 1.165) is 32.1 Å². The maximum atomic E-state index is 11.9. The molecule has 0 heterocycles. The first kappa shape index (κ1) is 19.7. The summed E-state index contributed by atoms with van der Waals surface area (Å²) in [7, 11) is 0. The first-order valence-corrected chi connectivity index (χ1v) is 8.14. The van der Waals surface area contributed by atoms with Crippen LogP contribution in [0.1, 0.15) is 72.6 Å². The SMILES string of the molecule is CCCC(CCNC(=O)NC(C)(CC)CC)CCC(=O)O. The molecule has 0 aromatic carbocycles. The second-order valence-corrected chi connectivity index (χ2v) is 6.02. The van der Waals surface area contributed by atoms with Crippen molar-refractivity contribution in [2.45, 2.75) is 78.2 Å². The average Bonchev–Trinajstić information content (AvgIpc) is 2.44. The predicted molar refractivity (Wildman–Crippen MR) is 85.4 cm³/mol. The molecule has 3 N–H and O–H groups in total. The molecule has 5 heteroatoms. The van der Waals surface area contributed by atoms with Crippen molar-refractivity contribution in [3.05, 3.63) is 0 Å². The Morgan fingerprint density at radius 2 is 1.71 bits per heavy atom. The Bertz CT molecular complexity index is 315. The van der Waals surface area contributed by atoms with Crippen molar-refractivity contribution in [2.24, 2.45) is 5.92 Å². The van der Waals surface area contributed by atoms with Gasteiger partial charge >= 0.3 is 12.0 Å². The molecule has 0 bridgehead atoms. The Morgan fingerprint density at radius 3 is 2.19 bits per heavy atom. The number of amides is 2. The lowest BCUT2D eigenvalue weighted by Gasteiger charge is -2.28.